The number of benzene rings is 1. The van der Waals surface area contributed by atoms with Crippen molar-refractivity contribution >= 4 is 0 Å². The molecule has 1 aromatic heterocycles. The summed E-state index contributed by atoms with van der Waals surface area (Å²) in [6.07, 6.45) is 1.24. The van der Waals surface area contributed by atoms with Crippen LogP contribution in [0.1, 0.15) is 5.56 Å². The lowest BCUT2D eigenvalue weighted by molar-refractivity contribution is 0.467. The van der Waals surface area contributed by atoms with Crippen molar-refractivity contribution in [1.29, 1.82) is 5.26 Å². The Balaban J connectivity index is 2.25. The number of nitrogens with zero attached hydrogens (tertiary/aromatic N) is 2. The summed E-state index contributed by atoms with van der Waals surface area (Å²) in [7, 11) is 0. The molecular formula is C12H6F2N2O. The van der Waals surface area contributed by atoms with Gasteiger partial charge in [0.15, 0.2) is 0 Å². The molecule has 0 unspecified atom stereocenters. The van der Waals surface area contributed by atoms with Crippen molar-refractivity contribution in [3.63, 3.8) is 0 Å². The molecule has 0 radical (unpaired) electrons. The van der Waals surface area contributed by atoms with Gasteiger partial charge >= 0.3 is 0 Å². The van der Waals surface area contributed by atoms with Crippen LogP contribution in [0, 0.1) is 23.1 Å². The fourth-order valence-electron chi connectivity index (χ4n) is 1.23. The first-order valence-electron chi connectivity index (χ1n) is 4.68. The number of aromatic nitrogens is 1. The Labute approximate surface area is 95.9 Å². The fourth-order valence-corrected chi connectivity index (χ4v) is 1.23. The second kappa shape index (κ2) is 4.58. The molecule has 0 saturated carbocycles. The molecule has 2 rings (SSSR count). The van der Waals surface area contributed by atoms with Crippen LogP contribution in [-0.4, -0.2) is 4.98 Å². The van der Waals surface area contributed by atoms with E-state index in [1.165, 1.54) is 24.4 Å². The van der Waals surface area contributed by atoms with Crippen molar-refractivity contribution in [3.8, 4) is 17.6 Å². The summed E-state index contributed by atoms with van der Waals surface area (Å²) >= 11 is 0. The third-order valence-corrected chi connectivity index (χ3v) is 1.99. The topological polar surface area (TPSA) is 45.9 Å². The number of pyridine rings is 1. The summed E-state index contributed by atoms with van der Waals surface area (Å²) in [5.74, 6) is -0.968. The van der Waals surface area contributed by atoms with Crippen molar-refractivity contribution in [2.75, 3.05) is 0 Å². The maximum atomic E-state index is 13.2. The Bertz CT molecular complexity index is 593. The summed E-state index contributed by atoms with van der Waals surface area (Å²) in [5.41, 5.74) is -0.0711. The average Bonchev–Trinajstić information content (AvgIpc) is 2.29. The molecule has 2 aromatic rings. The molecule has 0 spiro atoms. The molecule has 0 atom stereocenters. The minimum atomic E-state index is -0.684. The van der Waals surface area contributed by atoms with Gasteiger partial charge in [-0.25, -0.2) is 9.37 Å². The van der Waals surface area contributed by atoms with Crippen LogP contribution in [0.5, 0.6) is 11.5 Å². The van der Waals surface area contributed by atoms with Crippen LogP contribution in [-0.2, 0) is 0 Å². The van der Waals surface area contributed by atoms with Crippen LogP contribution in [0.4, 0.5) is 8.78 Å². The summed E-state index contributed by atoms with van der Waals surface area (Å²) in [5, 5.41) is 8.55. The lowest BCUT2D eigenvalue weighted by atomic mass is 10.2. The molecule has 0 saturated heterocycles. The standard InChI is InChI=1S/C12H6F2N2O/c13-11-5-9(2-1-8(11)7-15)17-10-3-4-16-12(14)6-10/h1-6H. The molecule has 84 valence electrons. The number of nitriles is 1. The number of hydrogen-bond donors (Lipinski definition) is 0. The van der Waals surface area contributed by atoms with E-state index in [0.29, 0.717) is 0 Å². The zero-order valence-electron chi connectivity index (χ0n) is 8.52. The maximum absolute atomic E-state index is 13.2. The van der Waals surface area contributed by atoms with Crippen molar-refractivity contribution < 1.29 is 13.5 Å². The van der Waals surface area contributed by atoms with Gasteiger partial charge in [0.1, 0.15) is 23.4 Å². The molecule has 0 aliphatic rings. The highest BCUT2D eigenvalue weighted by Gasteiger charge is 2.05. The van der Waals surface area contributed by atoms with Gasteiger partial charge in [-0.1, -0.05) is 0 Å². The first-order valence-corrected chi connectivity index (χ1v) is 4.68. The number of rotatable bonds is 2. The third-order valence-electron chi connectivity index (χ3n) is 1.99. The maximum Gasteiger partial charge on any atom is 0.216 e. The molecule has 0 amide bonds. The van der Waals surface area contributed by atoms with Gasteiger partial charge < -0.3 is 4.74 Å². The van der Waals surface area contributed by atoms with Gasteiger partial charge in [0.2, 0.25) is 5.95 Å². The second-order valence-electron chi connectivity index (χ2n) is 3.17. The van der Waals surface area contributed by atoms with Gasteiger partial charge in [0.25, 0.3) is 0 Å². The number of ether oxygens (including phenoxy) is 1. The average molecular weight is 232 g/mol. The lowest BCUT2D eigenvalue weighted by Crippen LogP contribution is -1.89. The number of halogens is 2. The summed E-state index contributed by atoms with van der Waals surface area (Å²) in [6.45, 7) is 0. The van der Waals surface area contributed by atoms with Crippen LogP contribution in [0.3, 0.4) is 0 Å². The van der Waals surface area contributed by atoms with Crippen LogP contribution >= 0.6 is 0 Å². The zero-order chi connectivity index (χ0) is 12.3. The van der Waals surface area contributed by atoms with E-state index in [2.05, 4.69) is 4.98 Å². The monoisotopic (exact) mass is 232 g/mol. The molecule has 3 nitrogen and oxygen atoms in total. The first kappa shape index (κ1) is 11.0. The molecule has 17 heavy (non-hydrogen) atoms. The predicted molar refractivity (Wildman–Crippen MR) is 55.4 cm³/mol. The molecule has 1 heterocycles. The molecular weight excluding hydrogens is 226 g/mol. The summed E-state index contributed by atoms with van der Waals surface area (Å²) in [4.78, 5) is 3.36. The van der Waals surface area contributed by atoms with E-state index in [-0.39, 0.29) is 17.1 Å². The van der Waals surface area contributed by atoms with Gasteiger partial charge in [0.05, 0.1) is 5.56 Å². The fraction of sp³-hybridized carbons (Fsp3) is 0. The van der Waals surface area contributed by atoms with Crippen molar-refractivity contribution in [2.45, 2.75) is 0 Å². The molecule has 1 aromatic carbocycles. The van der Waals surface area contributed by atoms with Crippen LogP contribution in [0.2, 0.25) is 0 Å². The highest BCUT2D eigenvalue weighted by atomic mass is 19.1. The van der Waals surface area contributed by atoms with Crippen molar-refractivity contribution in [3.05, 3.63) is 53.9 Å². The Kier molecular flexibility index (Phi) is 2.97. The normalized spacial score (nSPS) is 9.71. The molecule has 0 aliphatic heterocycles. The largest absolute Gasteiger partial charge is 0.457 e. The van der Waals surface area contributed by atoms with Crippen molar-refractivity contribution in [1.82, 2.24) is 4.98 Å². The Hall–Kier alpha value is -2.48. The zero-order valence-corrected chi connectivity index (χ0v) is 8.52. The number of hydrogen-bond acceptors (Lipinski definition) is 3. The Morgan fingerprint density at radius 1 is 1.12 bits per heavy atom. The quantitative estimate of drug-likeness (QED) is 0.747. The van der Waals surface area contributed by atoms with E-state index < -0.39 is 11.8 Å². The van der Waals surface area contributed by atoms with E-state index in [9.17, 15) is 8.78 Å². The smallest absolute Gasteiger partial charge is 0.216 e. The highest BCUT2D eigenvalue weighted by Crippen LogP contribution is 2.23. The lowest BCUT2D eigenvalue weighted by Gasteiger charge is -2.05. The predicted octanol–water partition coefficient (Wildman–Crippen LogP) is 3.02. The van der Waals surface area contributed by atoms with E-state index in [4.69, 9.17) is 10.00 Å². The van der Waals surface area contributed by atoms with Gasteiger partial charge in [0, 0.05) is 18.3 Å². The second-order valence-corrected chi connectivity index (χ2v) is 3.17. The minimum absolute atomic E-state index is 0.0711. The summed E-state index contributed by atoms with van der Waals surface area (Å²) in [6, 6.07) is 8.01. The van der Waals surface area contributed by atoms with E-state index >= 15 is 0 Å². The van der Waals surface area contributed by atoms with E-state index in [1.54, 1.807) is 6.07 Å². The van der Waals surface area contributed by atoms with Gasteiger partial charge in [-0.3, -0.25) is 0 Å². The highest BCUT2D eigenvalue weighted by molar-refractivity contribution is 5.38. The van der Waals surface area contributed by atoms with Crippen molar-refractivity contribution in [2.24, 2.45) is 0 Å². The Morgan fingerprint density at radius 2 is 1.88 bits per heavy atom. The Morgan fingerprint density at radius 3 is 2.53 bits per heavy atom. The van der Waals surface area contributed by atoms with Gasteiger partial charge in [-0.2, -0.15) is 9.65 Å². The minimum Gasteiger partial charge on any atom is -0.457 e. The van der Waals surface area contributed by atoms with Gasteiger partial charge in [-0.15, -0.1) is 0 Å². The SMILES string of the molecule is N#Cc1ccc(Oc2ccnc(F)c2)cc1F. The first-order chi connectivity index (χ1) is 8.19. The van der Waals surface area contributed by atoms with Crippen LogP contribution in [0.25, 0.3) is 0 Å². The van der Waals surface area contributed by atoms with E-state index in [0.717, 1.165) is 12.1 Å². The van der Waals surface area contributed by atoms with Crippen LogP contribution < -0.4 is 4.74 Å². The molecule has 5 heteroatoms. The van der Waals surface area contributed by atoms with E-state index in [1.807, 2.05) is 0 Å². The summed E-state index contributed by atoms with van der Waals surface area (Å²) < 4.78 is 31.2. The third kappa shape index (κ3) is 2.55. The molecule has 0 fully saturated rings. The molecule has 0 bridgehead atoms. The molecule has 0 N–H and O–H groups in total. The van der Waals surface area contributed by atoms with Crippen LogP contribution in [0.15, 0.2) is 36.5 Å². The molecule has 0 aliphatic carbocycles. The van der Waals surface area contributed by atoms with Gasteiger partial charge in [-0.05, 0) is 18.2 Å².